The average Bonchev–Trinajstić information content (AvgIpc) is 2.87. The minimum absolute atomic E-state index is 0.279. The third-order valence-electron chi connectivity index (χ3n) is 2.63. The van der Waals surface area contributed by atoms with E-state index >= 15 is 0 Å². The van der Waals surface area contributed by atoms with E-state index in [9.17, 15) is 0 Å². The Morgan fingerprint density at radius 3 is 2.79 bits per heavy atom. The van der Waals surface area contributed by atoms with Crippen molar-refractivity contribution in [2.75, 3.05) is 0 Å². The molecule has 2 heteroatoms. The van der Waals surface area contributed by atoms with Crippen LogP contribution in [0.3, 0.4) is 0 Å². The van der Waals surface area contributed by atoms with Crippen LogP contribution in [0.15, 0.2) is 24.3 Å². The first-order valence-electron chi connectivity index (χ1n) is 5.12. The first-order valence-corrected chi connectivity index (χ1v) is 5.94. The third kappa shape index (κ3) is 3.18. The molecule has 76 valence electrons. The van der Waals surface area contributed by atoms with Gasteiger partial charge in [0.2, 0.25) is 0 Å². The van der Waals surface area contributed by atoms with Gasteiger partial charge >= 0.3 is 0 Å². The molecule has 1 fully saturated rings. The summed E-state index contributed by atoms with van der Waals surface area (Å²) in [5.41, 5.74) is 1.25. The summed E-state index contributed by atoms with van der Waals surface area (Å²) >= 11 is 12.2. The number of hydrogen-bond acceptors (Lipinski definition) is 0. The highest BCUT2D eigenvalue weighted by Crippen LogP contribution is 2.35. The monoisotopic (exact) mass is 228 g/mol. The largest absolute Gasteiger partial charge is 0.123 e. The van der Waals surface area contributed by atoms with Crippen LogP contribution in [0.25, 0.3) is 0 Å². The lowest BCUT2D eigenvalue weighted by Crippen LogP contribution is -2.04. The lowest BCUT2D eigenvalue weighted by Gasteiger charge is -2.08. The molecular formula is C12H14Cl2. The Bertz CT molecular complexity index is 305. The Morgan fingerprint density at radius 2 is 2.14 bits per heavy atom. The average molecular weight is 229 g/mol. The number of alkyl halides is 1. The van der Waals surface area contributed by atoms with Gasteiger partial charge in [0.15, 0.2) is 0 Å². The fraction of sp³-hybridized carbons (Fsp3) is 0.500. The van der Waals surface area contributed by atoms with E-state index in [0.717, 1.165) is 23.8 Å². The number of hydrogen-bond donors (Lipinski definition) is 0. The van der Waals surface area contributed by atoms with Crippen LogP contribution in [0.5, 0.6) is 0 Å². The molecule has 0 N–H and O–H groups in total. The van der Waals surface area contributed by atoms with Gasteiger partial charge in [-0.2, -0.15) is 0 Å². The predicted octanol–water partition coefficient (Wildman–Crippen LogP) is 4.29. The van der Waals surface area contributed by atoms with E-state index in [4.69, 9.17) is 23.2 Å². The predicted molar refractivity (Wildman–Crippen MR) is 62.1 cm³/mol. The molecule has 1 unspecified atom stereocenters. The summed E-state index contributed by atoms with van der Waals surface area (Å²) in [6.45, 7) is 0. The fourth-order valence-electron chi connectivity index (χ4n) is 1.72. The maximum atomic E-state index is 6.26. The fourth-order valence-corrected chi connectivity index (χ4v) is 2.36. The van der Waals surface area contributed by atoms with Gasteiger partial charge in [0.25, 0.3) is 0 Å². The van der Waals surface area contributed by atoms with Crippen LogP contribution >= 0.6 is 23.2 Å². The number of benzene rings is 1. The van der Waals surface area contributed by atoms with E-state index in [1.165, 1.54) is 18.4 Å². The van der Waals surface area contributed by atoms with Crippen LogP contribution in [0.4, 0.5) is 0 Å². The SMILES string of the molecule is Clc1cccc(CC(Cl)CC2CC2)c1. The Morgan fingerprint density at radius 1 is 1.36 bits per heavy atom. The maximum absolute atomic E-state index is 6.26. The van der Waals surface area contributed by atoms with Crippen LogP contribution in [-0.4, -0.2) is 5.38 Å². The molecule has 1 aromatic rings. The van der Waals surface area contributed by atoms with Crippen LogP contribution in [0.1, 0.15) is 24.8 Å². The van der Waals surface area contributed by atoms with Gasteiger partial charge in [-0.25, -0.2) is 0 Å². The molecule has 0 amide bonds. The Kier molecular flexibility index (Phi) is 3.35. The van der Waals surface area contributed by atoms with Crippen molar-refractivity contribution in [1.82, 2.24) is 0 Å². The normalized spacial score (nSPS) is 18.1. The Labute approximate surface area is 95.2 Å². The molecule has 1 aromatic carbocycles. The van der Waals surface area contributed by atoms with Crippen LogP contribution in [0, 0.1) is 5.92 Å². The smallest absolute Gasteiger partial charge is 0.0408 e. The highest BCUT2D eigenvalue weighted by molar-refractivity contribution is 6.30. The zero-order chi connectivity index (χ0) is 9.97. The summed E-state index contributed by atoms with van der Waals surface area (Å²) in [5.74, 6) is 0.900. The number of rotatable bonds is 4. The maximum Gasteiger partial charge on any atom is 0.0408 e. The summed E-state index contributed by atoms with van der Waals surface area (Å²) in [7, 11) is 0. The zero-order valence-electron chi connectivity index (χ0n) is 8.05. The molecule has 1 aliphatic carbocycles. The summed E-state index contributed by atoms with van der Waals surface area (Å²) in [6, 6.07) is 7.98. The van der Waals surface area contributed by atoms with Crippen molar-refractivity contribution in [3.8, 4) is 0 Å². The topological polar surface area (TPSA) is 0 Å². The van der Waals surface area contributed by atoms with E-state index in [0.29, 0.717) is 0 Å². The molecule has 1 saturated carbocycles. The van der Waals surface area contributed by atoms with E-state index < -0.39 is 0 Å². The highest BCUT2D eigenvalue weighted by Gasteiger charge is 2.24. The minimum atomic E-state index is 0.279. The molecule has 0 aromatic heterocycles. The van der Waals surface area contributed by atoms with Crippen molar-refractivity contribution in [2.45, 2.75) is 31.1 Å². The molecule has 0 nitrogen and oxygen atoms in total. The molecule has 0 radical (unpaired) electrons. The molecule has 0 spiro atoms. The van der Waals surface area contributed by atoms with E-state index in [1.807, 2.05) is 18.2 Å². The van der Waals surface area contributed by atoms with Gasteiger partial charge in [0.05, 0.1) is 0 Å². The van der Waals surface area contributed by atoms with E-state index in [-0.39, 0.29) is 5.38 Å². The summed E-state index contributed by atoms with van der Waals surface area (Å²) in [4.78, 5) is 0. The van der Waals surface area contributed by atoms with Gasteiger partial charge in [-0.3, -0.25) is 0 Å². The van der Waals surface area contributed by atoms with Gasteiger partial charge in [0, 0.05) is 10.4 Å². The lowest BCUT2D eigenvalue weighted by atomic mass is 10.1. The molecule has 2 rings (SSSR count). The van der Waals surface area contributed by atoms with E-state index in [2.05, 4.69) is 6.07 Å². The molecule has 1 aliphatic rings. The third-order valence-corrected chi connectivity index (χ3v) is 3.20. The first-order chi connectivity index (χ1) is 6.74. The van der Waals surface area contributed by atoms with Gasteiger partial charge < -0.3 is 0 Å². The van der Waals surface area contributed by atoms with Gasteiger partial charge in [-0.1, -0.05) is 36.6 Å². The zero-order valence-corrected chi connectivity index (χ0v) is 9.56. The van der Waals surface area contributed by atoms with Crippen molar-refractivity contribution in [3.05, 3.63) is 34.9 Å². The second-order valence-corrected chi connectivity index (χ2v) is 5.16. The molecule has 0 bridgehead atoms. The highest BCUT2D eigenvalue weighted by atomic mass is 35.5. The molecular weight excluding hydrogens is 215 g/mol. The second kappa shape index (κ2) is 4.55. The first kappa shape index (κ1) is 10.3. The van der Waals surface area contributed by atoms with Crippen molar-refractivity contribution in [3.63, 3.8) is 0 Å². The summed E-state index contributed by atoms with van der Waals surface area (Å²) < 4.78 is 0. The van der Waals surface area contributed by atoms with Gasteiger partial charge in [-0.05, 0) is 36.5 Å². The van der Waals surface area contributed by atoms with Crippen molar-refractivity contribution >= 4 is 23.2 Å². The van der Waals surface area contributed by atoms with Crippen molar-refractivity contribution in [1.29, 1.82) is 0 Å². The van der Waals surface area contributed by atoms with Gasteiger partial charge in [0.1, 0.15) is 0 Å². The van der Waals surface area contributed by atoms with Crippen LogP contribution in [0.2, 0.25) is 5.02 Å². The van der Waals surface area contributed by atoms with Crippen LogP contribution < -0.4 is 0 Å². The minimum Gasteiger partial charge on any atom is -0.123 e. The van der Waals surface area contributed by atoms with Crippen molar-refractivity contribution < 1.29 is 0 Å². The summed E-state index contributed by atoms with van der Waals surface area (Å²) in [5, 5.41) is 1.08. The van der Waals surface area contributed by atoms with Gasteiger partial charge in [-0.15, -0.1) is 11.6 Å². The molecule has 0 aliphatic heterocycles. The van der Waals surface area contributed by atoms with E-state index in [1.54, 1.807) is 0 Å². The standard InChI is InChI=1S/C12H14Cl2/c13-11-3-1-2-10(7-11)8-12(14)6-9-4-5-9/h1-3,7,9,12H,4-6,8H2. The Hall–Kier alpha value is -0.200. The molecule has 0 heterocycles. The summed E-state index contributed by atoms with van der Waals surface area (Å²) in [6.07, 6.45) is 4.85. The lowest BCUT2D eigenvalue weighted by molar-refractivity contribution is 0.674. The number of halogens is 2. The molecule has 0 saturated heterocycles. The van der Waals surface area contributed by atoms with Crippen LogP contribution in [-0.2, 0) is 6.42 Å². The Balaban J connectivity index is 1.88. The molecule has 1 atom stereocenters. The van der Waals surface area contributed by atoms with Crippen molar-refractivity contribution in [2.24, 2.45) is 5.92 Å². The molecule has 14 heavy (non-hydrogen) atoms. The quantitative estimate of drug-likeness (QED) is 0.675. The second-order valence-electron chi connectivity index (χ2n) is 4.11.